The van der Waals surface area contributed by atoms with E-state index in [1.165, 1.54) is 6.07 Å². The van der Waals surface area contributed by atoms with E-state index in [1.54, 1.807) is 12.1 Å². The standard InChI is InChI=1S/C12H14N4O3/c13-6-9-2-1-3-11(12(9)16(17)18)15-7-10-8-19-5-4-14-10/h1-3,10,14-15H,4-5,7-8H2. The van der Waals surface area contributed by atoms with Crippen molar-refractivity contribution in [2.45, 2.75) is 6.04 Å². The molecule has 7 nitrogen and oxygen atoms in total. The summed E-state index contributed by atoms with van der Waals surface area (Å²) in [6.45, 7) is 2.53. The van der Waals surface area contributed by atoms with Crippen LogP contribution in [-0.2, 0) is 4.74 Å². The van der Waals surface area contributed by atoms with Gasteiger partial charge >= 0.3 is 5.69 Å². The van der Waals surface area contributed by atoms with Crippen LogP contribution in [0.15, 0.2) is 18.2 Å². The van der Waals surface area contributed by atoms with E-state index in [1.807, 2.05) is 6.07 Å². The Morgan fingerprint density at radius 2 is 2.47 bits per heavy atom. The number of nitrogens with zero attached hydrogens (tertiary/aromatic N) is 2. The van der Waals surface area contributed by atoms with Gasteiger partial charge in [0, 0.05) is 19.1 Å². The number of nitro benzene ring substituents is 1. The first-order valence-corrected chi connectivity index (χ1v) is 5.95. The van der Waals surface area contributed by atoms with Crippen molar-refractivity contribution in [3.8, 4) is 6.07 Å². The molecule has 0 bridgehead atoms. The number of benzene rings is 1. The first-order chi connectivity index (χ1) is 9.22. The van der Waals surface area contributed by atoms with Crippen LogP contribution in [-0.4, -0.2) is 37.3 Å². The lowest BCUT2D eigenvalue weighted by Gasteiger charge is -2.24. The number of hydrogen-bond donors (Lipinski definition) is 2. The largest absolute Gasteiger partial charge is 0.378 e. The molecule has 1 heterocycles. The van der Waals surface area contributed by atoms with Gasteiger partial charge in [0.15, 0.2) is 0 Å². The first-order valence-electron chi connectivity index (χ1n) is 5.95. The summed E-state index contributed by atoms with van der Waals surface area (Å²) in [6, 6.07) is 6.60. The van der Waals surface area contributed by atoms with Crippen LogP contribution in [0.3, 0.4) is 0 Å². The van der Waals surface area contributed by atoms with E-state index in [9.17, 15) is 10.1 Å². The Kier molecular flexibility index (Phi) is 4.28. The highest BCUT2D eigenvalue weighted by molar-refractivity contribution is 5.68. The molecule has 0 saturated carbocycles. The molecule has 1 saturated heterocycles. The highest BCUT2D eigenvalue weighted by atomic mass is 16.6. The summed E-state index contributed by atoms with van der Waals surface area (Å²) in [4.78, 5) is 10.5. The van der Waals surface area contributed by atoms with Gasteiger partial charge in [0.25, 0.3) is 0 Å². The molecule has 2 N–H and O–H groups in total. The first kappa shape index (κ1) is 13.3. The van der Waals surface area contributed by atoms with E-state index in [0.717, 1.165) is 6.54 Å². The molecule has 1 aromatic carbocycles. The quantitative estimate of drug-likeness (QED) is 0.616. The van der Waals surface area contributed by atoms with Crippen molar-refractivity contribution in [3.05, 3.63) is 33.9 Å². The monoisotopic (exact) mass is 262 g/mol. The van der Waals surface area contributed by atoms with Gasteiger partial charge in [0.2, 0.25) is 0 Å². The lowest BCUT2D eigenvalue weighted by Crippen LogP contribution is -2.45. The van der Waals surface area contributed by atoms with Crippen molar-refractivity contribution >= 4 is 11.4 Å². The minimum Gasteiger partial charge on any atom is -0.378 e. The zero-order chi connectivity index (χ0) is 13.7. The number of para-hydroxylation sites is 1. The molecule has 7 heteroatoms. The Labute approximate surface area is 110 Å². The van der Waals surface area contributed by atoms with Crippen molar-refractivity contribution < 1.29 is 9.66 Å². The second-order valence-corrected chi connectivity index (χ2v) is 4.18. The number of rotatable bonds is 4. The number of hydrogen-bond acceptors (Lipinski definition) is 6. The Morgan fingerprint density at radius 3 is 3.11 bits per heavy atom. The molecule has 1 fully saturated rings. The molecule has 2 rings (SSSR count). The predicted molar refractivity (Wildman–Crippen MR) is 68.9 cm³/mol. The number of ether oxygens (including phenoxy) is 1. The summed E-state index contributed by atoms with van der Waals surface area (Å²) in [5.74, 6) is 0. The van der Waals surface area contributed by atoms with Crippen LogP contribution >= 0.6 is 0 Å². The predicted octanol–water partition coefficient (Wildman–Crippen LogP) is 0.867. The molecule has 1 atom stereocenters. The van der Waals surface area contributed by atoms with Crippen LogP contribution in [0.2, 0.25) is 0 Å². The molecular formula is C12H14N4O3. The number of nitriles is 1. The zero-order valence-corrected chi connectivity index (χ0v) is 10.3. The van der Waals surface area contributed by atoms with Crippen LogP contribution in [0.5, 0.6) is 0 Å². The van der Waals surface area contributed by atoms with E-state index >= 15 is 0 Å². The summed E-state index contributed by atoms with van der Waals surface area (Å²) in [6.07, 6.45) is 0. The van der Waals surface area contributed by atoms with Gasteiger partial charge in [-0.1, -0.05) is 6.07 Å². The second kappa shape index (κ2) is 6.13. The van der Waals surface area contributed by atoms with Crippen LogP contribution < -0.4 is 10.6 Å². The third-order valence-corrected chi connectivity index (χ3v) is 2.88. The highest BCUT2D eigenvalue weighted by Crippen LogP contribution is 2.27. The molecule has 1 unspecified atom stereocenters. The molecule has 1 aromatic rings. The molecular weight excluding hydrogens is 248 g/mol. The minimum absolute atomic E-state index is 0.0582. The third kappa shape index (κ3) is 3.19. The van der Waals surface area contributed by atoms with Gasteiger partial charge in [-0.15, -0.1) is 0 Å². The fourth-order valence-corrected chi connectivity index (χ4v) is 1.96. The van der Waals surface area contributed by atoms with Crippen LogP contribution in [0, 0.1) is 21.4 Å². The van der Waals surface area contributed by atoms with Crippen LogP contribution in [0.4, 0.5) is 11.4 Å². The molecule has 19 heavy (non-hydrogen) atoms. The Balaban J connectivity index is 2.11. The Morgan fingerprint density at radius 1 is 1.63 bits per heavy atom. The van der Waals surface area contributed by atoms with Gasteiger partial charge in [-0.25, -0.2) is 0 Å². The molecule has 0 aromatic heterocycles. The second-order valence-electron chi connectivity index (χ2n) is 4.18. The third-order valence-electron chi connectivity index (χ3n) is 2.88. The topological polar surface area (TPSA) is 100 Å². The van der Waals surface area contributed by atoms with E-state index in [0.29, 0.717) is 25.4 Å². The smallest absolute Gasteiger partial charge is 0.309 e. The molecule has 1 aliphatic rings. The summed E-state index contributed by atoms with van der Waals surface area (Å²) in [7, 11) is 0. The number of nitrogens with one attached hydrogen (secondary N) is 2. The number of anilines is 1. The highest BCUT2D eigenvalue weighted by Gasteiger charge is 2.20. The van der Waals surface area contributed by atoms with Gasteiger partial charge in [0.05, 0.1) is 18.1 Å². The SMILES string of the molecule is N#Cc1cccc(NCC2COCCN2)c1[N+](=O)[O-]. The maximum Gasteiger partial charge on any atom is 0.309 e. The van der Waals surface area contributed by atoms with Crippen molar-refractivity contribution in [1.29, 1.82) is 5.26 Å². The Hall–Kier alpha value is -2.17. The number of nitro groups is 1. The van der Waals surface area contributed by atoms with Crippen LogP contribution in [0.25, 0.3) is 0 Å². The van der Waals surface area contributed by atoms with E-state index in [4.69, 9.17) is 10.00 Å². The maximum absolute atomic E-state index is 11.0. The fourth-order valence-electron chi connectivity index (χ4n) is 1.96. The van der Waals surface area contributed by atoms with E-state index < -0.39 is 4.92 Å². The van der Waals surface area contributed by atoms with Gasteiger partial charge in [0.1, 0.15) is 17.3 Å². The van der Waals surface area contributed by atoms with Crippen molar-refractivity contribution in [1.82, 2.24) is 5.32 Å². The summed E-state index contributed by atoms with van der Waals surface area (Å²) >= 11 is 0. The normalized spacial score (nSPS) is 18.6. The maximum atomic E-state index is 11.0. The van der Waals surface area contributed by atoms with Gasteiger partial charge in [-0.05, 0) is 12.1 Å². The van der Waals surface area contributed by atoms with E-state index in [2.05, 4.69) is 10.6 Å². The average molecular weight is 262 g/mol. The molecule has 0 spiro atoms. The molecule has 0 aliphatic carbocycles. The minimum atomic E-state index is -0.536. The lowest BCUT2D eigenvalue weighted by atomic mass is 10.1. The van der Waals surface area contributed by atoms with Crippen molar-refractivity contribution in [2.24, 2.45) is 0 Å². The fraction of sp³-hybridized carbons (Fsp3) is 0.417. The van der Waals surface area contributed by atoms with Crippen molar-refractivity contribution in [3.63, 3.8) is 0 Å². The summed E-state index contributed by atoms with van der Waals surface area (Å²) in [5.41, 5.74) is 0.237. The molecule has 1 aliphatic heterocycles. The Bertz CT molecular complexity index is 506. The van der Waals surface area contributed by atoms with E-state index in [-0.39, 0.29) is 17.3 Å². The lowest BCUT2D eigenvalue weighted by molar-refractivity contribution is -0.384. The number of morpholine rings is 1. The summed E-state index contributed by atoms with van der Waals surface area (Å²) < 4.78 is 5.30. The summed E-state index contributed by atoms with van der Waals surface area (Å²) in [5, 5.41) is 26.2. The van der Waals surface area contributed by atoms with Crippen molar-refractivity contribution in [2.75, 3.05) is 31.6 Å². The molecule has 0 radical (unpaired) electrons. The average Bonchev–Trinajstić information content (AvgIpc) is 2.45. The molecule has 100 valence electrons. The van der Waals surface area contributed by atoms with Gasteiger partial charge in [-0.3, -0.25) is 10.1 Å². The zero-order valence-electron chi connectivity index (χ0n) is 10.3. The van der Waals surface area contributed by atoms with Gasteiger partial charge in [-0.2, -0.15) is 5.26 Å². The van der Waals surface area contributed by atoms with Crippen LogP contribution in [0.1, 0.15) is 5.56 Å². The van der Waals surface area contributed by atoms with Gasteiger partial charge < -0.3 is 15.4 Å². The molecule has 0 amide bonds.